The van der Waals surface area contributed by atoms with Crippen molar-refractivity contribution in [1.82, 2.24) is 25.1 Å². The molecule has 1 N–H and O–H groups in total. The molecule has 1 aliphatic rings. The topological polar surface area (TPSA) is 75.9 Å². The van der Waals surface area contributed by atoms with E-state index in [2.05, 4.69) is 39.1 Å². The smallest absolute Gasteiger partial charge is 0.226 e. The predicted molar refractivity (Wildman–Crippen MR) is 92.2 cm³/mol. The number of aryl methyl sites for hydroxylation is 2. The Morgan fingerprint density at radius 2 is 1.96 bits per heavy atom. The highest BCUT2D eigenvalue weighted by Gasteiger charge is 2.33. The molecule has 3 rings (SSSR count). The second kappa shape index (κ2) is 6.59. The molecular weight excluding hydrogens is 304 g/mol. The summed E-state index contributed by atoms with van der Waals surface area (Å²) in [4.78, 5) is 22.8. The van der Waals surface area contributed by atoms with Crippen LogP contribution in [-0.2, 0) is 4.79 Å². The molecule has 2 aromatic rings. The van der Waals surface area contributed by atoms with E-state index in [1.54, 1.807) is 6.33 Å². The molecule has 2 aromatic heterocycles. The fraction of sp³-hybridized carbons (Fsp3) is 0.529. The van der Waals surface area contributed by atoms with E-state index in [1.165, 1.54) is 0 Å². The summed E-state index contributed by atoms with van der Waals surface area (Å²) < 4.78 is 1.81. The van der Waals surface area contributed by atoms with Gasteiger partial charge in [0, 0.05) is 31.4 Å². The van der Waals surface area contributed by atoms with E-state index in [1.807, 2.05) is 30.7 Å². The highest BCUT2D eigenvalue weighted by molar-refractivity contribution is 5.81. The first kappa shape index (κ1) is 16.4. The SMILES string of the molecule is Cc1cc(C)n(-c2cc(N3CC(C(=O)NCC(C)C)C3)ncn2)n1. The maximum Gasteiger partial charge on any atom is 0.226 e. The van der Waals surface area contributed by atoms with E-state index in [-0.39, 0.29) is 11.8 Å². The molecule has 0 aliphatic carbocycles. The van der Waals surface area contributed by atoms with Gasteiger partial charge in [-0.15, -0.1) is 0 Å². The van der Waals surface area contributed by atoms with E-state index in [0.29, 0.717) is 19.0 Å². The molecule has 0 radical (unpaired) electrons. The largest absolute Gasteiger partial charge is 0.355 e. The second-order valence-corrected chi connectivity index (χ2v) is 6.81. The van der Waals surface area contributed by atoms with Gasteiger partial charge in [-0.2, -0.15) is 5.10 Å². The predicted octanol–water partition coefficient (Wildman–Crippen LogP) is 1.49. The molecule has 1 saturated heterocycles. The van der Waals surface area contributed by atoms with Crippen LogP contribution in [0.1, 0.15) is 25.2 Å². The monoisotopic (exact) mass is 328 g/mol. The molecule has 1 amide bonds. The van der Waals surface area contributed by atoms with Crippen LogP contribution in [0.2, 0.25) is 0 Å². The number of rotatable bonds is 5. The van der Waals surface area contributed by atoms with Gasteiger partial charge in [-0.1, -0.05) is 13.8 Å². The zero-order chi connectivity index (χ0) is 17.3. The average molecular weight is 328 g/mol. The summed E-state index contributed by atoms with van der Waals surface area (Å²) in [5.74, 6) is 2.22. The number of anilines is 1. The van der Waals surface area contributed by atoms with Gasteiger partial charge in [0.15, 0.2) is 5.82 Å². The van der Waals surface area contributed by atoms with Gasteiger partial charge in [-0.25, -0.2) is 14.6 Å². The van der Waals surface area contributed by atoms with Gasteiger partial charge in [0.2, 0.25) is 5.91 Å². The molecule has 0 unspecified atom stereocenters. The van der Waals surface area contributed by atoms with Crippen LogP contribution in [0.15, 0.2) is 18.5 Å². The van der Waals surface area contributed by atoms with Gasteiger partial charge in [0.25, 0.3) is 0 Å². The highest BCUT2D eigenvalue weighted by atomic mass is 16.2. The van der Waals surface area contributed by atoms with Gasteiger partial charge in [0.05, 0.1) is 11.6 Å². The van der Waals surface area contributed by atoms with Crippen LogP contribution in [0.5, 0.6) is 0 Å². The second-order valence-electron chi connectivity index (χ2n) is 6.81. The first-order chi connectivity index (χ1) is 11.4. The van der Waals surface area contributed by atoms with Crippen LogP contribution in [0, 0.1) is 25.7 Å². The summed E-state index contributed by atoms with van der Waals surface area (Å²) >= 11 is 0. The van der Waals surface area contributed by atoms with Crippen molar-refractivity contribution in [3.05, 3.63) is 29.8 Å². The Hall–Kier alpha value is -2.44. The van der Waals surface area contributed by atoms with Crippen LogP contribution in [0.3, 0.4) is 0 Å². The van der Waals surface area contributed by atoms with E-state index in [4.69, 9.17) is 0 Å². The molecular formula is C17H24N6O. The summed E-state index contributed by atoms with van der Waals surface area (Å²) in [6.45, 7) is 10.3. The van der Waals surface area contributed by atoms with Crippen LogP contribution < -0.4 is 10.2 Å². The molecule has 0 aromatic carbocycles. The number of hydrogen-bond donors (Lipinski definition) is 1. The number of aromatic nitrogens is 4. The minimum Gasteiger partial charge on any atom is -0.355 e. The molecule has 1 fully saturated rings. The summed E-state index contributed by atoms with van der Waals surface area (Å²) in [6.07, 6.45) is 1.55. The minimum absolute atomic E-state index is 0.0378. The van der Waals surface area contributed by atoms with Crippen molar-refractivity contribution in [3.8, 4) is 5.82 Å². The summed E-state index contributed by atoms with van der Waals surface area (Å²) in [5.41, 5.74) is 1.99. The Morgan fingerprint density at radius 1 is 1.25 bits per heavy atom. The Labute approximate surface area is 142 Å². The number of amides is 1. The third-order valence-electron chi connectivity index (χ3n) is 4.13. The van der Waals surface area contributed by atoms with Crippen LogP contribution in [0.25, 0.3) is 5.82 Å². The highest BCUT2D eigenvalue weighted by Crippen LogP contribution is 2.24. The zero-order valence-electron chi connectivity index (χ0n) is 14.7. The molecule has 0 atom stereocenters. The molecule has 0 bridgehead atoms. The third kappa shape index (κ3) is 3.39. The molecule has 24 heavy (non-hydrogen) atoms. The van der Waals surface area contributed by atoms with Gasteiger partial charge in [-0.05, 0) is 25.8 Å². The van der Waals surface area contributed by atoms with Crippen molar-refractivity contribution in [2.24, 2.45) is 11.8 Å². The molecule has 0 spiro atoms. The quantitative estimate of drug-likeness (QED) is 0.900. The molecule has 3 heterocycles. The third-order valence-corrected chi connectivity index (χ3v) is 4.13. The van der Waals surface area contributed by atoms with E-state index < -0.39 is 0 Å². The van der Waals surface area contributed by atoms with Crippen molar-refractivity contribution in [2.75, 3.05) is 24.5 Å². The first-order valence-electron chi connectivity index (χ1n) is 8.32. The Bertz CT molecular complexity index is 732. The number of hydrogen-bond acceptors (Lipinski definition) is 5. The van der Waals surface area contributed by atoms with Crippen LogP contribution in [0.4, 0.5) is 5.82 Å². The van der Waals surface area contributed by atoms with Crippen molar-refractivity contribution in [3.63, 3.8) is 0 Å². The molecule has 7 heteroatoms. The van der Waals surface area contributed by atoms with Crippen LogP contribution in [-0.4, -0.2) is 45.3 Å². The molecule has 128 valence electrons. The lowest BCUT2D eigenvalue weighted by Crippen LogP contribution is -2.54. The number of carbonyl (C=O) groups excluding carboxylic acids is 1. The Kier molecular flexibility index (Phi) is 4.51. The van der Waals surface area contributed by atoms with Crippen molar-refractivity contribution >= 4 is 11.7 Å². The van der Waals surface area contributed by atoms with Crippen molar-refractivity contribution in [1.29, 1.82) is 0 Å². The standard InChI is InChI=1S/C17H24N6O/c1-11(2)7-18-17(24)14-8-22(9-14)15-6-16(20-10-19-15)23-13(4)5-12(3)21-23/h5-6,10-11,14H,7-9H2,1-4H3,(H,18,24). The van der Waals surface area contributed by atoms with E-state index >= 15 is 0 Å². The van der Waals surface area contributed by atoms with Crippen molar-refractivity contribution < 1.29 is 4.79 Å². The molecule has 1 aliphatic heterocycles. The van der Waals surface area contributed by atoms with E-state index in [9.17, 15) is 4.79 Å². The van der Waals surface area contributed by atoms with Gasteiger partial charge in [-0.3, -0.25) is 4.79 Å². The summed E-state index contributed by atoms with van der Waals surface area (Å²) in [6, 6.07) is 3.93. The van der Waals surface area contributed by atoms with Gasteiger partial charge >= 0.3 is 0 Å². The lowest BCUT2D eigenvalue weighted by molar-refractivity contribution is -0.125. The average Bonchev–Trinajstić information content (AvgIpc) is 2.82. The summed E-state index contributed by atoms with van der Waals surface area (Å²) in [5, 5.41) is 7.44. The Morgan fingerprint density at radius 3 is 2.58 bits per heavy atom. The van der Waals surface area contributed by atoms with E-state index in [0.717, 1.165) is 29.6 Å². The minimum atomic E-state index is 0.0378. The normalized spacial score (nSPS) is 14.8. The lowest BCUT2D eigenvalue weighted by Gasteiger charge is -2.39. The van der Waals surface area contributed by atoms with Crippen molar-refractivity contribution in [2.45, 2.75) is 27.7 Å². The Balaban J connectivity index is 1.64. The number of nitrogens with one attached hydrogen (secondary N) is 1. The first-order valence-corrected chi connectivity index (χ1v) is 8.32. The maximum absolute atomic E-state index is 12.1. The van der Waals surface area contributed by atoms with Gasteiger partial charge in [0.1, 0.15) is 12.1 Å². The molecule has 0 saturated carbocycles. The van der Waals surface area contributed by atoms with Crippen LogP contribution >= 0.6 is 0 Å². The van der Waals surface area contributed by atoms with Gasteiger partial charge < -0.3 is 10.2 Å². The summed E-state index contributed by atoms with van der Waals surface area (Å²) in [7, 11) is 0. The maximum atomic E-state index is 12.1. The number of nitrogens with zero attached hydrogens (tertiary/aromatic N) is 5. The molecule has 7 nitrogen and oxygen atoms in total. The zero-order valence-corrected chi connectivity index (χ0v) is 14.7. The fourth-order valence-corrected chi connectivity index (χ4v) is 2.77. The lowest BCUT2D eigenvalue weighted by atomic mass is 9.99. The fourth-order valence-electron chi connectivity index (χ4n) is 2.77. The number of carbonyl (C=O) groups is 1.